The third-order valence-corrected chi connectivity index (χ3v) is 3.37. The zero-order chi connectivity index (χ0) is 15.6. The van der Waals surface area contributed by atoms with Crippen molar-refractivity contribution in [2.75, 3.05) is 13.1 Å². The van der Waals surface area contributed by atoms with Crippen molar-refractivity contribution in [3.63, 3.8) is 0 Å². The van der Waals surface area contributed by atoms with E-state index in [-0.39, 0.29) is 24.0 Å². The van der Waals surface area contributed by atoms with Gasteiger partial charge in [0.25, 0.3) is 0 Å². The highest BCUT2D eigenvalue weighted by molar-refractivity contribution is 14.0. The average molecular weight is 448 g/mol. The minimum atomic E-state index is 0. The first-order valence-corrected chi connectivity index (χ1v) is 7.88. The number of guanidine groups is 1. The monoisotopic (exact) mass is 447 g/mol. The van der Waals surface area contributed by atoms with Gasteiger partial charge in [-0.25, -0.2) is 9.98 Å². The Balaban J connectivity index is 0.00000264. The molecule has 0 radical (unpaired) electrons. The number of aryl methyl sites for hydroxylation is 1. The summed E-state index contributed by atoms with van der Waals surface area (Å²) in [6.07, 6.45) is 6.62. The molecule has 0 amide bonds. The molecule has 2 aromatic rings. The number of aromatic nitrogens is 2. The van der Waals surface area contributed by atoms with E-state index >= 15 is 0 Å². The van der Waals surface area contributed by atoms with Crippen molar-refractivity contribution in [2.45, 2.75) is 26.4 Å². The zero-order valence-electron chi connectivity index (χ0n) is 13.2. The van der Waals surface area contributed by atoms with Crippen molar-refractivity contribution in [3.8, 4) is 0 Å². The Bertz CT molecular complexity index is 569. The van der Waals surface area contributed by atoms with Gasteiger partial charge >= 0.3 is 0 Å². The van der Waals surface area contributed by atoms with Crippen LogP contribution in [-0.4, -0.2) is 28.6 Å². The van der Waals surface area contributed by atoms with E-state index in [1.54, 1.807) is 6.20 Å². The summed E-state index contributed by atoms with van der Waals surface area (Å²) in [6, 6.07) is 7.76. The summed E-state index contributed by atoms with van der Waals surface area (Å²) < 4.78 is 2.07. The van der Waals surface area contributed by atoms with Crippen LogP contribution in [0.2, 0.25) is 5.02 Å². The van der Waals surface area contributed by atoms with Gasteiger partial charge in [0, 0.05) is 37.1 Å². The maximum atomic E-state index is 5.88. The minimum absolute atomic E-state index is 0. The standard InChI is InChI=1S/C16H22ClN5.HI/c1-2-19-16(20-8-3-10-22-11-9-18-13-22)21-12-14-4-6-15(17)7-5-14;/h4-7,9,11,13H,2-3,8,10,12H2,1H3,(H2,19,20,21);1H. The Labute approximate surface area is 159 Å². The van der Waals surface area contributed by atoms with Crippen molar-refractivity contribution in [2.24, 2.45) is 4.99 Å². The summed E-state index contributed by atoms with van der Waals surface area (Å²) in [7, 11) is 0. The smallest absolute Gasteiger partial charge is 0.191 e. The van der Waals surface area contributed by atoms with Crippen molar-refractivity contribution in [1.29, 1.82) is 0 Å². The predicted octanol–water partition coefficient (Wildman–Crippen LogP) is 3.30. The number of rotatable bonds is 7. The first-order valence-electron chi connectivity index (χ1n) is 7.50. The fourth-order valence-corrected chi connectivity index (χ4v) is 2.12. The van der Waals surface area contributed by atoms with E-state index in [1.165, 1.54) is 0 Å². The van der Waals surface area contributed by atoms with E-state index in [1.807, 2.05) is 36.8 Å². The van der Waals surface area contributed by atoms with Crippen molar-refractivity contribution < 1.29 is 0 Å². The number of aliphatic imine (C=N–C) groups is 1. The molecule has 23 heavy (non-hydrogen) atoms. The van der Waals surface area contributed by atoms with Gasteiger partial charge in [0.05, 0.1) is 12.9 Å². The Kier molecular flexibility index (Phi) is 9.70. The highest BCUT2D eigenvalue weighted by Crippen LogP contribution is 2.10. The van der Waals surface area contributed by atoms with Gasteiger partial charge in [-0.05, 0) is 31.0 Å². The summed E-state index contributed by atoms with van der Waals surface area (Å²) in [4.78, 5) is 8.61. The Hall–Kier alpha value is -1.28. The Morgan fingerprint density at radius 1 is 1.26 bits per heavy atom. The Morgan fingerprint density at radius 3 is 2.70 bits per heavy atom. The molecule has 0 bridgehead atoms. The Morgan fingerprint density at radius 2 is 2.04 bits per heavy atom. The van der Waals surface area contributed by atoms with Crippen LogP contribution in [-0.2, 0) is 13.1 Å². The van der Waals surface area contributed by atoms with Crippen LogP contribution in [0, 0.1) is 0 Å². The van der Waals surface area contributed by atoms with Gasteiger partial charge in [-0.15, -0.1) is 24.0 Å². The molecule has 0 aliphatic heterocycles. The van der Waals surface area contributed by atoms with Crippen LogP contribution in [0.4, 0.5) is 0 Å². The summed E-state index contributed by atoms with van der Waals surface area (Å²) in [5.74, 6) is 0.836. The summed E-state index contributed by atoms with van der Waals surface area (Å²) in [6.45, 7) is 5.35. The highest BCUT2D eigenvalue weighted by Gasteiger charge is 1.98. The number of nitrogens with zero attached hydrogens (tertiary/aromatic N) is 3. The van der Waals surface area contributed by atoms with Gasteiger partial charge in [0.2, 0.25) is 0 Å². The normalized spacial score (nSPS) is 11.0. The van der Waals surface area contributed by atoms with Gasteiger partial charge in [0.15, 0.2) is 5.96 Å². The zero-order valence-corrected chi connectivity index (χ0v) is 16.3. The summed E-state index contributed by atoms with van der Waals surface area (Å²) in [5.41, 5.74) is 1.14. The van der Waals surface area contributed by atoms with Gasteiger partial charge in [-0.1, -0.05) is 23.7 Å². The molecule has 2 N–H and O–H groups in total. The SMILES string of the molecule is CCNC(=NCc1ccc(Cl)cc1)NCCCn1ccnc1.I. The molecule has 7 heteroatoms. The molecule has 0 aliphatic rings. The first-order chi connectivity index (χ1) is 10.8. The summed E-state index contributed by atoms with van der Waals surface area (Å²) >= 11 is 5.88. The van der Waals surface area contributed by atoms with E-state index < -0.39 is 0 Å². The lowest BCUT2D eigenvalue weighted by atomic mass is 10.2. The third kappa shape index (κ3) is 7.69. The fourth-order valence-electron chi connectivity index (χ4n) is 1.99. The van der Waals surface area contributed by atoms with Crippen molar-refractivity contribution >= 4 is 41.5 Å². The van der Waals surface area contributed by atoms with Crippen LogP contribution in [0.1, 0.15) is 18.9 Å². The van der Waals surface area contributed by atoms with Crippen LogP contribution < -0.4 is 10.6 Å². The molecule has 1 aromatic carbocycles. The minimum Gasteiger partial charge on any atom is -0.357 e. The lowest BCUT2D eigenvalue weighted by Crippen LogP contribution is -2.38. The largest absolute Gasteiger partial charge is 0.357 e. The molecule has 5 nitrogen and oxygen atoms in total. The maximum absolute atomic E-state index is 5.88. The van der Waals surface area contributed by atoms with Gasteiger partial charge in [0.1, 0.15) is 0 Å². The molecule has 0 saturated carbocycles. The number of hydrogen-bond donors (Lipinski definition) is 2. The molecule has 0 aliphatic carbocycles. The third-order valence-electron chi connectivity index (χ3n) is 3.12. The van der Waals surface area contributed by atoms with Crippen LogP contribution in [0.3, 0.4) is 0 Å². The number of hydrogen-bond acceptors (Lipinski definition) is 2. The molecule has 1 heterocycles. The molecule has 0 saturated heterocycles. The molecular formula is C16H23ClIN5. The number of halogens is 2. The second kappa shape index (κ2) is 11.3. The van der Waals surface area contributed by atoms with E-state index in [0.717, 1.165) is 42.6 Å². The highest BCUT2D eigenvalue weighted by atomic mass is 127. The number of nitrogens with one attached hydrogen (secondary N) is 2. The molecular weight excluding hydrogens is 425 g/mol. The van der Waals surface area contributed by atoms with E-state index in [0.29, 0.717) is 6.54 Å². The van der Waals surface area contributed by atoms with Gasteiger partial charge in [-0.2, -0.15) is 0 Å². The maximum Gasteiger partial charge on any atom is 0.191 e. The second-order valence-electron chi connectivity index (χ2n) is 4.90. The van der Waals surface area contributed by atoms with Crippen molar-refractivity contribution in [3.05, 3.63) is 53.6 Å². The topological polar surface area (TPSA) is 54.2 Å². The fraction of sp³-hybridized carbons (Fsp3) is 0.375. The number of benzene rings is 1. The van der Waals surface area contributed by atoms with Crippen LogP contribution in [0.5, 0.6) is 0 Å². The molecule has 126 valence electrons. The quantitative estimate of drug-likeness (QED) is 0.296. The van der Waals surface area contributed by atoms with Gasteiger partial charge < -0.3 is 15.2 Å². The lowest BCUT2D eigenvalue weighted by molar-refractivity contribution is 0.624. The van der Waals surface area contributed by atoms with E-state index in [2.05, 4.69) is 32.1 Å². The first kappa shape index (κ1) is 19.8. The van der Waals surface area contributed by atoms with Gasteiger partial charge in [-0.3, -0.25) is 0 Å². The van der Waals surface area contributed by atoms with Crippen molar-refractivity contribution in [1.82, 2.24) is 20.2 Å². The molecule has 0 spiro atoms. The van der Waals surface area contributed by atoms with Crippen LogP contribution >= 0.6 is 35.6 Å². The van der Waals surface area contributed by atoms with E-state index in [4.69, 9.17) is 11.6 Å². The van der Waals surface area contributed by atoms with Crippen LogP contribution in [0.25, 0.3) is 0 Å². The average Bonchev–Trinajstić information content (AvgIpc) is 3.04. The summed E-state index contributed by atoms with van der Waals surface area (Å²) in [5, 5.41) is 7.34. The molecule has 0 fully saturated rings. The molecule has 0 unspecified atom stereocenters. The molecule has 0 atom stereocenters. The van der Waals surface area contributed by atoms with E-state index in [9.17, 15) is 0 Å². The predicted molar refractivity (Wildman–Crippen MR) is 107 cm³/mol. The molecule has 1 aromatic heterocycles. The molecule has 2 rings (SSSR count). The van der Waals surface area contributed by atoms with Crippen LogP contribution in [0.15, 0.2) is 48.0 Å². The lowest BCUT2D eigenvalue weighted by Gasteiger charge is -2.11. The second-order valence-corrected chi connectivity index (χ2v) is 5.34. The number of imidazole rings is 1.